The molecule has 1 aromatic carbocycles. The molecule has 3 saturated heterocycles. The molecule has 1 unspecified atom stereocenters. The van der Waals surface area contributed by atoms with Crippen LogP contribution in [0.3, 0.4) is 0 Å². The van der Waals surface area contributed by atoms with Crippen molar-refractivity contribution in [2.75, 3.05) is 13.1 Å². The van der Waals surface area contributed by atoms with Crippen LogP contribution in [0, 0.1) is 17.2 Å². The standard InChI is InChI=1S/C23H27N5O4/c1-12(13-2-4-14(5-3-13)23(31)32)27-17-8-20(22(27)30)26(10-17)11-18(25)21(29)28-16(9-24)6-15-7-19(15)28/h2-5,12,15-20H,6-8,10-11,25H2,1H3,(H,31,32)/t12-,15+,16-,17+,18-,19?,20+/m0/s1. The molecule has 1 saturated carbocycles. The number of likely N-dealkylation sites (tertiary alicyclic amines) is 3. The van der Waals surface area contributed by atoms with Crippen LogP contribution in [0.4, 0.5) is 0 Å². The number of benzene rings is 1. The first-order valence-corrected chi connectivity index (χ1v) is 11.2. The summed E-state index contributed by atoms with van der Waals surface area (Å²) in [6, 6.07) is 7.48. The number of rotatable bonds is 6. The van der Waals surface area contributed by atoms with Gasteiger partial charge in [-0.3, -0.25) is 14.5 Å². The first-order valence-electron chi connectivity index (χ1n) is 11.2. The number of hydrogen-bond donors (Lipinski definition) is 2. The van der Waals surface area contributed by atoms with Gasteiger partial charge in [-0.15, -0.1) is 0 Å². The van der Waals surface area contributed by atoms with Gasteiger partial charge in [-0.25, -0.2) is 4.79 Å². The van der Waals surface area contributed by atoms with Crippen molar-refractivity contribution in [3.63, 3.8) is 0 Å². The minimum atomic E-state index is -0.978. The van der Waals surface area contributed by atoms with Crippen LogP contribution in [0.5, 0.6) is 0 Å². The summed E-state index contributed by atoms with van der Waals surface area (Å²) in [5, 5.41) is 18.4. The number of fused-ring (bicyclic) bond motifs is 3. The number of amides is 2. The second kappa shape index (κ2) is 7.57. The summed E-state index contributed by atoms with van der Waals surface area (Å²) in [4.78, 5) is 42.7. The second-order valence-corrected chi connectivity index (χ2v) is 9.50. The Morgan fingerprint density at radius 3 is 2.59 bits per heavy atom. The quantitative estimate of drug-likeness (QED) is 0.665. The van der Waals surface area contributed by atoms with Crippen molar-refractivity contribution in [2.24, 2.45) is 11.7 Å². The molecule has 3 N–H and O–H groups in total. The Balaban J connectivity index is 1.22. The number of nitrogens with zero attached hydrogens (tertiary/aromatic N) is 4. The van der Waals surface area contributed by atoms with Gasteiger partial charge in [0.2, 0.25) is 11.8 Å². The van der Waals surface area contributed by atoms with E-state index in [1.165, 1.54) is 0 Å². The zero-order valence-corrected chi connectivity index (χ0v) is 17.9. The van der Waals surface area contributed by atoms with E-state index in [4.69, 9.17) is 10.8 Å². The third-order valence-electron chi connectivity index (χ3n) is 7.63. The number of carboxylic acid groups (broad SMARTS) is 1. The fourth-order valence-electron chi connectivity index (χ4n) is 5.87. The Morgan fingerprint density at radius 2 is 1.97 bits per heavy atom. The van der Waals surface area contributed by atoms with Crippen LogP contribution in [-0.2, 0) is 9.59 Å². The maximum Gasteiger partial charge on any atom is 0.335 e. The summed E-state index contributed by atoms with van der Waals surface area (Å²) >= 11 is 0. The molecule has 2 bridgehead atoms. The second-order valence-electron chi connectivity index (χ2n) is 9.50. The van der Waals surface area contributed by atoms with Crippen LogP contribution in [0.1, 0.15) is 48.1 Å². The molecule has 168 valence electrons. The third kappa shape index (κ3) is 3.26. The topological polar surface area (TPSA) is 131 Å². The fraction of sp³-hybridized carbons (Fsp3) is 0.565. The molecule has 7 atom stereocenters. The average Bonchev–Trinajstić information content (AvgIpc) is 3.11. The zero-order chi connectivity index (χ0) is 22.7. The molecule has 1 aliphatic carbocycles. The van der Waals surface area contributed by atoms with Gasteiger partial charge in [0.25, 0.3) is 0 Å². The summed E-state index contributed by atoms with van der Waals surface area (Å²) < 4.78 is 0. The molecule has 1 aromatic rings. The first kappa shape index (κ1) is 20.9. The Morgan fingerprint density at radius 1 is 1.25 bits per heavy atom. The van der Waals surface area contributed by atoms with E-state index in [0.29, 0.717) is 25.4 Å². The SMILES string of the molecule is C[C@@H](c1ccc(C(=O)O)cc1)N1C(=O)[C@H]2C[C@@H]1CN2C[C@H](N)C(=O)N1C2C[C@H]2C[C@H]1C#N. The van der Waals surface area contributed by atoms with Gasteiger partial charge in [-0.1, -0.05) is 12.1 Å². The number of aromatic carboxylic acids is 1. The minimum absolute atomic E-state index is 0.0223. The van der Waals surface area contributed by atoms with Crippen molar-refractivity contribution in [3.05, 3.63) is 35.4 Å². The summed E-state index contributed by atoms with van der Waals surface area (Å²) in [7, 11) is 0. The van der Waals surface area contributed by atoms with Gasteiger partial charge in [0.15, 0.2) is 0 Å². The molecule has 4 aliphatic rings. The highest BCUT2D eigenvalue weighted by molar-refractivity contribution is 5.88. The lowest BCUT2D eigenvalue weighted by molar-refractivity contribution is -0.141. The van der Waals surface area contributed by atoms with Crippen molar-refractivity contribution < 1.29 is 19.5 Å². The van der Waals surface area contributed by atoms with Crippen LogP contribution < -0.4 is 5.73 Å². The van der Waals surface area contributed by atoms with Crippen LogP contribution in [-0.4, -0.2) is 80.9 Å². The summed E-state index contributed by atoms with van der Waals surface area (Å²) in [5.41, 5.74) is 7.37. The molecule has 9 nitrogen and oxygen atoms in total. The Bertz CT molecular complexity index is 1000. The number of piperazine rings is 1. The number of carboxylic acids is 1. The molecule has 9 heteroatoms. The molecule has 4 fully saturated rings. The minimum Gasteiger partial charge on any atom is -0.478 e. The van der Waals surface area contributed by atoms with Gasteiger partial charge < -0.3 is 20.6 Å². The third-order valence-corrected chi connectivity index (χ3v) is 7.63. The number of piperidine rings is 1. The largest absolute Gasteiger partial charge is 0.478 e. The Labute approximate surface area is 186 Å². The fourth-order valence-corrected chi connectivity index (χ4v) is 5.87. The van der Waals surface area contributed by atoms with Crippen molar-refractivity contribution >= 4 is 17.8 Å². The molecule has 3 aliphatic heterocycles. The van der Waals surface area contributed by atoms with Gasteiger partial charge in [0.05, 0.1) is 29.8 Å². The normalized spacial score (nSPS) is 32.5. The van der Waals surface area contributed by atoms with E-state index in [0.717, 1.165) is 18.4 Å². The summed E-state index contributed by atoms with van der Waals surface area (Å²) in [6.45, 7) is 2.92. The van der Waals surface area contributed by atoms with E-state index >= 15 is 0 Å². The molecule has 0 radical (unpaired) electrons. The number of carbonyl (C=O) groups is 3. The van der Waals surface area contributed by atoms with Gasteiger partial charge >= 0.3 is 5.97 Å². The van der Waals surface area contributed by atoms with Crippen molar-refractivity contribution in [1.82, 2.24) is 14.7 Å². The lowest BCUT2D eigenvalue weighted by Crippen LogP contribution is -2.57. The lowest BCUT2D eigenvalue weighted by atomic mass is 10.0. The first-order chi connectivity index (χ1) is 15.3. The molecular weight excluding hydrogens is 410 g/mol. The van der Waals surface area contributed by atoms with Gasteiger partial charge in [-0.2, -0.15) is 5.26 Å². The predicted octanol–water partition coefficient (Wildman–Crippen LogP) is 0.571. The van der Waals surface area contributed by atoms with Crippen molar-refractivity contribution in [1.29, 1.82) is 5.26 Å². The van der Waals surface area contributed by atoms with E-state index in [1.54, 1.807) is 29.2 Å². The van der Waals surface area contributed by atoms with Gasteiger partial charge in [0.1, 0.15) is 6.04 Å². The van der Waals surface area contributed by atoms with E-state index in [-0.39, 0.29) is 47.6 Å². The van der Waals surface area contributed by atoms with E-state index in [2.05, 4.69) is 6.07 Å². The van der Waals surface area contributed by atoms with Crippen molar-refractivity contribution in [2.45, 2.75) is 62.4 Å². The van der Waals surface area contributed by atoms with Crippen molar-refractivity contribution in [3.8, 4) is 6.07 Å². The van der Waals surface area contributed by atoms with Gasteiger partial charge in [-0.05, 0) is 49.8 Å². The van der Waals surface area contributed by atoms with Gasteiger partial charge in [0, 0.05) is 25.2 Å². The molecule has 0 spiro atoms. The smallest absolute Gasteiger partial charge is 0.335 e. The summed E-state index contributed by atoms with van der Waals surface area (Å²) in [6.07, 6.45) is 2.41. The van der Waals surface area contributed by atoms with E-state index in [1.807, 2.05) is 16.7 Å². The van der Waals surface area contributed by atoms with E-state index < -0.39 is 12.0 Å². The van der Waals surface area contributed by atoms with E-state index in [9.17, 15) is 19.6 Å². The highest BCUT2D eigenvalue weighted by atomic mass is 16.4. The Hall–Kier alpha value is -2.96. The van der Waals surface area contributed by atoms with Crippen LogP contribution in [0.2, 0.25) is 0 Å². The van der Waals surface area contributed by atoms with Crippen LogP contribution >= 0.6 is 0 Å². The lowest BCUT2D eigenvalue weighted by Gasteiger charge is -2.38. The molecule has 2 amide bonds. The molecule has 3 heterocycles. The number of carbonyl (C=O) groups excluding carboxylic acids is 2. The molecule has 0 aromatic heterocycles. The number of nitrogens with two attached hydrogens (primary N) is 1. The van der Waals surface area contributed by atoms with Crippen LogP contribution in [0.15, 0.2) is 24.3 Å². The number of hydrogen-bond acceptors (Lipinski definition) is 6. The monoisotopic (exact) mass is 437 g/mol. The number of nitriles is 1. The highest BCUT2D eigenvalue weighted by Gasteiger charge is 2.56. The van der Waals surface area contributed by atoms with Crippen LogP contribution in [0.25, 0.3) is 0 Å². The Kier molecular flexibility index (Phi) is 4.95. The maximum absolute atomic E-state index is 13.1. The molecular formula is C23H27N5O4. The molecule has 32 heavy (non-hydrogen) atoms. The molecule has 5 rings (SSSR count). The highest BCUT2D eigenvalue weighted by Crippen LogP contribution is 2.48. The predicted molar refractivity (Wildman–Crippen MR) is 113 cm³/mol. The zero-order valence-electron chi connectivity index (χ0n) is 17.9. The summed E-state index contributed by atoms with van der Waals surface area (Å²) in [5.74, 6) is -0.691. The maximum atomic E-state index is 13.1. The average molecular weight is 438 g/mol.